The number of hydrogen-bond acceptors (Lipinski definition) is 4. The molecule has 0 atom stereocenters. The van der Waals surface area contributed by atoms with Gasteiger partial charge >= 0.3 is 0 Å². The molecule has 0 radical (unpaired) electrons. The minimum Gasteiger partial charge on any atom is -0.746 e. The van der Waals surface area contributed by atoms with E-state index in [0.717, 1.165) is 13.8 Å². The van der Waals surface area contributed by atoms with E-state index in [2.05, 4.69) is 0 Å². The second-order valence-corrected chi connectivity index (χ2v) is 3.81. The van der Waals surface area contributed by atoms with Gasteiger partial charge in [-0.1, -0.05) is 0 Å². The van der Waals surface area contributed by atoms with Crippen molar-refractivity contribution in [3.05, 3.63) is 0 Å². The SMILES string of the molecule is CC(C)(O)S(=O)(=O)[O-]. The Morgan fingerprint density at radius 1 is 1.50 bits per heavy atom. The Morgan fingerprint density at radius 3 is 1.62 bits per heavy atom. The fourth-order valence-corrected chi connectivity index (χ4v) is 0. The molecule has 0 unspecified atom stereocenters. The quantitative estimate of drug-likeness (QED) is 0.485. The summed E-state index contributed by atoms with van der Waals surface area (Å²) in [5.41, 5.74) is 0. The molecule has 4 nitrogen and oxygen atoms in total. The predicted octanol–water partition coefficient (Wildman–Crippen LogP) is -0.740. The van der Waals surface area contributed by atoms with Crippen LogP contribution in [0.5, 0.6) is 0 Å². The number of hydrogen-bond donors (Lipinski definition) is 1. The molecule has 50 valence electrons. The molecular weight excluding hydrogens is 132 g/mol. The third-order valence-electron chi connectivity index (χ3n) is 0.612. The average Bonchev–Trinajstić information content (AvgIpc) is 1.25. The Bertz CT molecular complexity index is 160. The first kappa shape index (κ1) is 7.87. The summed E-state index contributed by atoms with van der Waals surface area (Å²) in [6, 6.07) is 0. The third kappa shape index (κ3) is 1.77. The minimum atomic E-state index is -4.53. The third-order valence-corrected chi connectivity index (χ3v) is 1.84. The van der Waals surface area contributed by atoms with Gasteiger partial charge in [0.05, 0.1) is 0 Å². The molecule has 0 saturated carbocycles. The van der Waals surface area contributed by atoms with Crippen molar-refractivity contribution in [2.45, 2.75) is 18.8 Å². The maximum absolute atomic E-state index is 9.85. The van der Waals surface area contributed by atoms with Crippen LogP contribution in [0.15, 0.2) is 0 Å². The van der Waals surface area contributed by atoms with Crippen molar-refractivity contribution >= 4 is 10.1 Å². The molecule has 0 amide bonds. The molecule has 0 saturated heterocycles. The molecule has 0 aromatic heterocycles. The molecule has 0 aliphatic heterocycles. The first-order valence-corrected chi connectivity index (χ1v) is 3.34. The molecule has 0 aliphatic carbocycles. The van der Waals surface area contributed by atoms with Crippen molar-refractivity contribution in [1.82, 2.24) is 0 Å². The number of aliphatic hydroxyl groups is 1. The second-order valence-electron chi connectivity index (χ2n) is 1.90. The van der Waals surface area contributed by atoms with Crippen molar-refractivity contribution in [3.8, 4) is 0 Å². The monoisotopic (exact) mass is 139 g/mol. The van der Waals surface area contributed by atoms with Crippen LogP contribution < -0.4 is 0 Å². The van der Waals surface area contributed by atoms with Crippen LogP contribution in [0.2, 0.25) is 0 Å². The molecule has 0 aromatic rings. The Balaban J connectivity index is 4.53. The largest absolute Gasteiger partial charge is 0.746 e. The highest BCUT2D eigenvalue weighted by Gasteiger charge is 2.20. The topological polar surface area (TPSA) is 77.4 Å². The van der Waals surface area contributed by atoms with Gasteiger partial charge in [-0.3, -0.25) is 0 Å². The van der Waals surface area contributed by atoms with E-state index in [4.69, 9.17) is 5.11 Å². The van der Waals surface area contributed by atoms with E-state index in [1.165, 1.54) is 0 Å². The van der Waals surface area contributed by atoms with Crippen LogP contribution in [0.4, 0.5) is 0 Å². The summed E-state index contributed by atoms with van der Waals surface area (Å²) in [4.78, 5) is -2.15. The lowest BCUT2D eigenvalue weighted by atomic mass is 10.5. The van der Waals surface area contributed by atoms with Gasteiger partial charge in [0, 0.05) is 0 Å². The van der Waals surface area contributed by atoms with Crippen molar-refractivity contribution in [3.63, 3.8) is 0 Å². The van der Waals surface area contributed by atoms with E-state index in [1.54, 1.807) is 0 Å². The lowest BCUT2D eigenvalue weighted by Gasteiger charge is -2.20. The van der Waals surface area contributed by atoms with Crippen LogP contribution in [0.3, 0.4) is 0 Å². The fourth-order valence-electron chi connectivity index (χ4n) is 0. The highest BCUT2D eigenvalue weighted by atomic mass is 32.2. The Hall–Kier alpha value is -0.130. The normalized spacial score (nSPS) is 14.0. The van der Waals surface area contributed by atoms with Gasteiger partial charge in [-0.25, -0.2) is 8.42 Å². The molecule has 5 heteroatoms. The summed E-state index contributed by atoms with van der Waals surface area (Å²) in [7, 11) is -4.53. The molecule has 0 aromatic carbocycles. The van der Waals surface area contributed by atoms with E-state index in [9.17, 15) is 13.0 Å². The van der Waals surface area contributed by atoms with Crippen LogP contribution in [0.25, 0.3) is 0 Å². The predicted molar refractivity (Wildman–Crippen MR) is 26.0 cm³/mol. The molecule has 0 rings (SSSR count). The van der Waals surface area contributed by atoms with Crippen LogP contribution in [-0.2, 0) is 10.1 Å². The highest BCUT2D eigenvalue weighted by Crippen LogP contribution is 2.07. The molecule has 0 fully saturated rings. The van der Waals surface area contributed by atoms with Gasteiger partial charge in [0.15, 0.2) is 0 Å². The summed E-state index contributed by atoms with van der Waals surface area (Å²) < 4.78 is 29.5. The van der Waals surface area contributed by atoms with Crippen LogP contribution in [0, 0.1) is 0 Å². The van der Waals surface area contributed by atoms with Gasteiger partial charge < -0.3 is 9.66 Å². The fraction of sp³-hybridized carbons (Fsp3) is 1.00. The summed E-state index contributed by atoms with van der Waals surface area (Å²) in [5, 5.41) is 8.45. The van der Waals surface area contributed by atoms with Crippen LogP contribution in [0.1, 0.15) is 13.8 Å². The van der Waals surface area contributed by atoms with Crippen molar-refractivity contribution in [2.75, 3.05) is 0 Å². The molecular formula is C3H7O4S-. The first-order chi connectivity index (χ1) is 3.25. The van der Waals surface area contributed by atoms with Gasteiger partial charge in [0.25, 0.3) is 0 Å². The van der Waals surface area contributed by atoms with Gasteiger partial charge in [-0.2, -0.15) is 0 Å². The maximum Gasteiger partial charge on any atom is 0.148 e. The molecule has 0 aliphatic rings. The summed E-state index contributed by atoms with van der Waals surface area (Å²) >= 11 is 0. The zero-order valence-electron chi connectivity index (χ0n) is 4.58. The Kier molecular flexibility index (Phi) is 1.65. The molecule has 0 heterocycles. The van der Waals surface area contributed by atoms with Gasteiger partial charge in [0.1, 0.15) is 15.1 Å². The van der Waals surface area contributed by atoms with Gasteiger partial charge in [-0.05, 0) is 13.8 Å². The molecule has 8 heavy (non-hydrogen) atoms. The lowest BCUT2D eigenvalue weighted by Crippen LogP contribution is -2.30. The minimum absolute atomic E-state index is 0.926. The number of rotatable bonds is 1. The Labute approximate surface area is 47.9 Å². The van der Waals surface area contributed by atoms with E-state index in [-0.39, 0.29) is 0 Å². The van der Waals surface area contributed by atoms with Crippen molar-refractivity contribution in [2.24, 2.45) is 0 Å². The molecule has 1 N–H and O–H groups in total. The maximum atomic E-state index is 9.85. The molecule has 0 spiro atoms. The van der Waals surface area contributed by atoms with E-state index in [0.29, 0.717) is 0 Å². The van der Waals surface area contributed by atoms with Crippen molar-refractivity contribution < 1.29 is 18.1 Å². The average molecular weight is 139 g/mol. The van der Waals surface area contributed by atoms with E-state index >= 15 is 0 Å². The zero-order chi connectivity index (χ0) is 7.00. The Morgan fingerprint density at radius 2 is 1.62 bits per heavy atom. The standard InChI is InChI=1S/C3H8O4S/c1-3(2,4)8(5,6)7/h4H,1-2H3,(H,5,6,7)/p-1. The first-order valence-electron chi connectivity index (χ1n) is 1.93. The van der Waals surface area contributed by atoms with Gasteiger partial charge in [0.2, 0.25) is 0 Å². The summed E-state index contributed by atoms with van der Waals surface area (Å²) in [5.74, 6) is 0. The summed E-state index contributed by atoms with van der Waals surface area (Å²) in [6.07, 6.45) is 0. The van der Waals surface area contributed by atoms with E-state index in [1.807, 2.05) is 0 Å². The van der Waals surface area contributed by atoms with Crippen molar-refractivity contribution in [1.29, 1.82) is 0 Å². The second kappa shape index (κ2) is 1.68. The summed E-state index contributed by atoms with van der Waals surface area (Å²) in [6.45, 7) is 1.85. The van der Waals surface area contributed by atoms with Crippen LogP contribution in [-0.4, -0.2) is 23.0 Å². The van der Waals surface area contributed by atoms with Gasteiger partial charge in [-0.15, -0.1) is 0 Å². The van der Waals surface area contributed by atoms with E-state index < -0.39 is 15.1 Å². The highest BCUT2D eigenvalue weighted by molar-refractivity contribution is 7.86. The zero-order valence-corrected chi connectivity index (χ0v) is 5.40. The molecule has 0 bridgehead atoms. The van der Waals surface area contributed by atoms with Crippen LogP contribution >= 0.6 is 0 Å². The lowest BCUT2D eigenvalue weighted by molar-refractivity contribution is 0.150. The smallest absolute Gasteiger partial charge is 0.148 e.